The second kappa shape index (κ2) is 5.70. The van der Waals surface area contributed by atoms with Crippen LogP contribution in [0.25, 0.3) is 0 Å². The molecule has 0 fully saturated rings. The summed E-state index contributed by atoms with van der Waals surface area (Å²) in [5.74, 6) is 0.980. The standard InChI is InChI=1S/C9H16ClN3O3S/c1-17(2,3)5-4-16-7-12-9(10)8(6-11-12)13(14)15/h6H,4-5,7H2,1-3H3. The molecule has 0 aromatic carbocycles. The maximum absolute atomic E-state index is 10.5. The minimum atomic E-state index is -0.593. The number of hydrogen-bond acceptors (Lipinski definition) is 4. The average molecular weight is 282 g/mol. The highest BCUT2D eigenvalue weighted by molar-refractivity contribution is 8.32. The van der Waals surface area contributed by atoms with Crippen LogP contribution in [0.15, 0.2) is 6.20 Å². The molecule has 0 saturated heterocycles. The van der Waals surface area contributed by atoms with Gasteiger partial charge < -0.3 is 4.74 Å². The Bertz CT molecular complexity index is 403. The van der Waals surface area contributed by atoms with Crippen LogP contribution in [0.4, 0.5) is 5.69 Å². The Morgan fingerprint density at radius 1 is 1.59 bits per heavy atom. The molecule has 0 saturated carbocycles. The molecule has 0 aliphatic heterocycles. The van der Waals surface area contributed by atoms with E-state index in [4.69, 9.17) is 16.3 Å². The predicted molar refractivity (Wildman–Crippen MR) is 70.1 cm³/mol. The van der Waals surface area contributed by atoms with E-state index in [1.54, 1.807) is 0 Å². The first-order valence-corrected chi connectivity index (χ1v) is 8.31. The van der Waals surface area contributed by atoms with Crippen LogP contribution in [0.5, 0.6) is 0 Å². The smallest absolute Gasteiger partial charge is 0.325 e. The van der Waals surface area contributed by atoms with Gasteiger partial charge in [-0.2, -0.15) is 5.10 Å². The van der Waals surface area contributed by atoms with Gasteiger partial charge >= 0.3 is 5.69 Å². The third-order valence-corrected chi connectivity index (χ3v) is 3.79. The van der Waals surface area contributed by atoms with Crippen molar-refractivity contribution in [3.63, 3.8) is 0 Å². The second-order valence-corrected chi connectivity index (χ2v) is 9.36. The van der Waals surface area contributed by atoms with Gasteiger partial charge in [-0.25, -0.2) is 14.7 Å². The molecule has 1 aromatic rings. The SMILES string of the molecule is CS(C)(C)CCOCn1ncc([N+](=O)[O-])c1Cl. The molecule has 0 unspecified atom stereocenters. The van der Waals surface area contributed by atoms with Gasteiger partial charge in [-0.15, -0.1) is 0 Å². The number of rotatable bonds is 6. The van der Waals surface area contributed by atoms with Crippen LogP contribution < -0.4 is 0 Å². The Labute approximate surface area is 106 Å². The first-order valence-electron chi connectivity index (χ1n) is 4.91. The summed E-state index contributed by atoms with van der Waals surface area (Å²) in [7, 11) is -0.593. The monoisotopic (exact) mass is 281 g/mol. The Morgan fingerprint density at radius 2 is 2.24 bits per heavy atom. The van der Waals surface area contributed by atoms with Gasteiger partial charge in [0.05, 0.1) is 11.5 Å². The molecule has 17 heavy (non-hydrogen) atoms. The van der Waals surface area contributed by atoms with Gasteiger partial charge in [0, 0.05) is 5.75 Å². The molecule has 98 valence electrons. The van der Waals surface area contributed by atoms with Crippen LogP contribution in [-0.4, -0.2) is 45.8 Å². The van der Waals surface area contributed by atoms with Crippen molar-refractivity contribution < 1.29 is 9.66 Å². The molecule has 0 bridgehead atoms. The summed E-state index contributed by atoms with van der Waals surface area (Å²) in [6.07, 6.45) is 7.72. The Balaban J connectivity index is 2.45. The number of halogens is 1. The largest absolute Gasteiger partial charge is 0.358 e. The normalized spacial score (nSPS) is 12.7. The van der Waals surface area contributed by atoms with Crippen molar-refractivity contribution in [2.75, 3.05) is 31.1 Å². The molecular weight excluding hydrogens is 266 g/mol. The molecule has 1 aromatic heterocycles. The van der Waals surface area contributed by atoms with Gasteiger partial charge in [-0.1, -0.05) is 11.6 Å². The lowest BCUT2D eigenvalue weighted by Crippen LogP contribution is -2.10. The maximum atomic E-state index is 10.5. The zero-order valence-corrected chi connectivity index (χ0v) is 11.6. The highest BCUT2D eigenvalue weighted by Gasteiger charge is 2.18. The summed E-state index contributed by atoms with van der Waals surface area (Å²) in [5.41, 5.74) is -0.197. The van der Waals surface area contributed by atoms with Gasteiger partial charge in [0.15, 0.2) is 0 Å². The molecular formula is C9H16ClN3O3S. The van der Waals surface area contributed by atoms with Crippen LogP contribution in [0.2, 0.25) is 5.15 Å². The van der Waals surface area contributed by atoms with Crippen molar-refractivity contribution in [1.82, 2.24) is 9.78 Å². The van der Waals surface area contributed by atoms with E-state index in [0.29, 0.717) is 6.61 Å². The van der Waals surface area contributed by atoms with Gasteiger partial charge in [-0.3, -0.25) is 10.1 Å². The van der Waals surface area contributed by atoms with E-state index in [1.165, 1.54) is 4.68 Å². The van der Waals surface area contributed by atoms with Crippen molar-refractivity contribution in [2.24, 2.45) is 0 Å². The molecule has 0 radical (unpaired) electrons. The predicted octanol–water partition coefficient (Wildman–Crippen LogP) is 2.11. The van der Waals surface area contributed by atoms with Gasteiger partial charge in [-0.05, 0) is 18.8 Å². The van der Waals surface area contributed by atoms with E-state index < -0.39 is 15.0 Å². The number of aromatic nitrogens is 2. The highest BCUT2D eigenvalue weighted by Crippen LogP contribution is 2.33. The average Bonchev–Trinajstić information content (AvgIpc) is 2.53. The van der Waals surface area contributed by atoms with E-state index >= 15 is 0 Å². The lowest BCUT2D eigenvalue weighted by atomic mass is 10.6. The molecule has 0 aliphatic carbocycles. The number of ether oxygens (including phenoxy) is 1. The molecule has 0 spiro atoms. The van der Waals surface area contributed by atoms with E-state index in [9.17, 15) is 10.1 Å². The fourth-order valence-electron chi connectivity index (χ4n) is 1.03. The van der Waals surface area contributed by atoms with Crippen molar-refractivity contribution in [3.8, 4) is 0 Å². The Kier molecular flexibility index (Phi) is 4.79. The van der Waals surface area contributed by atoms with Crippen molar-refractivity contribution in [2.45, 2.75) is 6.73 Å². The van der Waals surface area contributed by atoms with Crippen LogP contribution in [0.3, 0.4) is 0 Å². The molecule has 0 atom stereocenters. The van der Waals surface area contributed by atoms with Crippen molar-refractivity contribution >= 4 is 27.3 Å². The van der Waals surface area contributed by atoms with E-state index in [1.807, 2.05) is 0 Å². The lowest BCUT2D eigenvalue weighted by Gasteiger charge is -2.24. The van der Waals surface area contributed by atoms with E-state index in [2.05, 4.69) is 23.9 Å². The Morgan fingerprint density at radius 3 is 2.71 bits per heavy atom. The van der Waals surface area contributed by atoms with Crippen LogP contribution in [-0.2, 0) is 11.5 Å². The third-order valence-electron chi connectivity index (χ3n) is 2.01. The lowest BCUT2D eigenvalue weighted by molar-refractivity contribution is -0.384. The van der Waals surface area contributed by atoms with Crippen LogP contribution >= 0.6 is 21.6 Å². The summed E-state index contributed by atoms with van der Waals surface area (Å²) in [6.45, 7) is 0.741. The zero-order chi connectivity index (χ0) is 13.1. The molecule has 0 aliphatic rings. The number of nitro groups is 1. The third kappa shape index (κ3) is 4.53. The quantitative estimate of drug-likeness (QED) is 0.455. The molecule has 8 heteroatoms. The first-order chi connectivity index (χ1) is 7.81. The van der Waals surface area contributed by atoms with Gasteiger partial charge in [0.25, 0.3) is 0 Å². The number of hydrogen-bond donors (Lipinski definition) is 0. The molecule has 1 rings (SSSR count). The summed E-state index contributed by atoms with van der Waals surface area (Å²) in [6, 6.07) is 0. The number of nitrogens with zero attached hydrogens (tertiary/aromatic N) is 3. The maximum Gasteiger partial charge on any atom is 0.325 e. The van der Waals surface area contributed by atoms with Crippen LogP contribution in [0.1, 0.15) is 0 Å². The Hall–Kier alpha value is -0.790. The van der Waals surface area contributed by atoms with Gasteiger partial charge in [0.1, 0.15) is 12.9 Å². The van der Waals surface area contributed by atoms with Crippen molar-refractivity contribution in [3.05, 3.63) is 21.5 Å². The summed E-state index contributed by atoms with van der Waals surface area (Å²) in [4.78, 5) is 9.96. The van der Waals surface area contributed by atoms with Gasteiger partial charge in [0.2, 0.25) is 5.15 Å². The van der Waals surface area contributed by atoms with Crippen molar-refractivity contribution in [1.29, 1.82) is 0 Å². The minimum absolute atomic E-state index is 0.00175. The summed E-state index contributed by atoms with van der Waals surface area (Å²) in [5, 5.41) is 14.3. The summed E-state index contributed by atoms with van der Waals surface area (Å²) >= 11 is 5.77. The minimum Gasteiger partial charge on any atom is -0.358 e. The molecule has 0 amide bonds. The second-order valence-electron chi connectivity index (χ2n) is 4.41. The van der Waals surface area contributed by atoms with E-state index in [0.717, 1.165) is 11.9 Å². The van der Waals surface area contributed by atoms with E-state index in [-0.39, 0.29) is 17.6 Å². The molecule has 0 N–H and O–H groups in total. The topological polar surface area (TPSA) is 70.2 Å². The fourth-order valence-corrected chi connectivity index (χ4v) is 1.86. The zero-order valence-electron chi connectivity index (χ0n) is 10.1. The highest BCUT2D eigenvalue weighted by atomic mass is 35.5. The fraction of sp³-hybridized carbons (Fsp3) is 0.667. The van der Waals surface area contributed by atoms with Crippen LogP contribution in [0, 0.1) is 10.1 Å². The first kappa shape index (κ1) is 14.3. The molecule has 6 nitrogen and oxygen atoms in total. The molecule has 1 heterocycles. The summed E-state index contributed by atoms with van der Waals surface area (Å²) < 4.78 is 6.66.